The van der Waals surface area contributed by atoms with Crippen LogP contribution in [0.25, 0.3) is 0 Å². The van der Waals surface area contributed by atoms with Gasteiger partial charge in [0.15, 0.2) is 23.0 Å². The van der Waals surface area contributed by atoms with Gasteiger partial charge in [-0.2, -0.15) is 0 Å². The summed E-state index contributed by atoms with van der Waals surface area (Å²) in [5.74, 6) is 2.63. The van der Waals surface area contributed by atoms with Crippen molar-refractivity contribution >= 4 is 110 Å². The molecule has 0 aliphatic carbocycles. The lowest BCUT2D eigenvalue weighted by Crippen LogP contribution is -2.14. The molecular weight excluding hydrogens is 991 g/mol. The number of ether oxygens (including phenoxy) is 6. The average Bonchev–Trinajstić information content (AvgIpc) is 4.03. The summed E-state index contributed by atoms with van der Waals surface area (Å²) in [6, 6.07) is 9.63. The summed E-state index contributed by atoms with van der Waals surface area (Å²) in [7, 11) is -7.79. The van der Waals surface area contributed by atoms with Gasteiger partial charge in [0.25, 0.3) is 31.8 Å². The van der Waals surface area contributed by atoms with Gasteiger partial charge < -0.3 is 37.5 Å². The molecule has 24 heteroatoms. The van der Waals surface area contributed by atoms with E-state index in [2.05, 4.69) is 51.6 Å². The fourth-order valence-corrected chi connectivity index (χ4v) is 10.9. The fourth-order valence-electron chi connectivity index (χ4n) is 4.90. The van der Waals surface area contributed by atoms with Crippen molar-refractivity contribution in [2.45, 2.75) is 36.9 Å². The molecule has 2 aliphatic rings. The summed E-state index contributed by atoms with van der Waals surface area (Å²) in [6.45, 7) is 3.56. The van der Waals surface area contributed by atoms with E-state index in [1.165, 1.54) is 34.8 Å². The van der Waals surface area contributed by atoms with Crippen LogP contribution in [0.3, 0.4) is 0 Å². The number of benzene rings is 2. The number of nitrogens with zero attached hydrogens (tertiary/aromatic N) is 2. The Morgan fingerprint density at radius 1 is 0.679 bits per heavy atom. The molecule has 0 fully saturated rings. The average molecular weight is 1020 g/mol. The van der Waals surface area contributed by atoms with Crippen LogP contribution in [0.1, 0.15) is 21.1 Å². The largest absolute Gasteiger partial charge is 0.486 e. The van der Waals surface area contributed by atoms with Crippen LogP contribution < -0.4 is 37.9 Å². The maximum atomic E-state index is 12.7. The summed E-state index contributed by atoms with van der Waals surface area (Å²) in [5.41, 5.74) is 1.06. The van der Waals surface area contributed by atoms with Crippen LogP contribution in [-0.4, -0.2) is 40.7 Å². The van der Waals surface area contributed by atoms with E-state index in [0.29, 0.717) is 64.6 Å². The number of aryl methyl sites for hydroxylation is 2. The van der Waals surface area contributed by atoms with Crippen LogP contribution in [0.2, 0.25) is 10.0 Å². The summed E-state index contributed by atoms with van der Waals surface area (Å²) in [5, 5.41) is 11.3. The zero-order valence-corrected chi connectivity index (χ0v) is 36.3. The zero-order valence-electron chi connectivity index (χ0n) is 28.4. The van der Waals surface area contributed by atoms with Crippen LogP contribution in [-0.2, 0) is 33.3 Å². The van der Waals surface area contributed by atoms with Crippen LogP contribution in [0.15, 0.2) is 74.9 Å². The van der Waals surface area contributed by atoms with E-state index < -0.39 is 20.0 Å². The third kappa shape index (κ3) is 8.37. The number of hydrogen-bond donors (Lipinski definition) is 2. The highest BCUT2D eigenvalue weighted by Crippen LogP contribution is 2.46. The molecule has 0 radical (unpaired) electrons. The number of thiophene rings is 2. The summed E-state index contributed by atoms with van der Waals surface area (Å²) in [6.07, 6.45) is 0. The second-order valence-corrected chi connectivity index (χ2v) is 18.9. The molecule has 0 unspecified atom stereocenters. The van der Waals surface area contributed by atoms with Crippen molar-refractivity contribution in [3.8, 4) is 34.5 Å². The Balaban J connectivity index is 0.000000172. The van der Waals surface area contributed by atoms with E-state index in [1.807, 2.05) is 0 Å². The predicted octanol–water partition coefficient (Wildman–Crippen LogP) is 9.14. The molecule has 2 aliphatic heterocycles. The molecule has 56 heavy (non-hydrogen) atoms. The van der Waals surface area contributed by atoms with E-state index in [1.54, 1.807) is 48.9 Å². The summed E-state index contributed by atoms with van der Waals surface area (Å²) in [4.78, 5) is 1.15. The van der Waals surface area contributed by atoms with Gasteiger partial charge in [-0.3, -0.25) is 0 Å². The Morgan fingerprint density at radius 2 is 1.09 bits per heavy atom. The maximum Gasteiger partial charge on any atom is 0.265 e. The van der Waals surface area contributed by atoms with Crippen molar-refractivity contribution in [1.82, 2.24) is 10.3 Å². The second-order valence-electron chi connectivity index (χ2n) is 11.2. The Morgan fingerprint density at radius 3 is 1.46 bits per heavy atom. The molecule has 6 aromatic rings. The molecule has 0 saturated carbocycles. The number of aromatic nitrogens is 2. The number of anilines is 2. The first-order valence-corrected chi connectivity index (χ1v) is 22.6. The van der Waals surface area contributed by atoms with Crippen LogP contribution in [0.4, 0.5) is 11.8 Å². The van der Waals surface area contributed by atoms with Gasteiger partial charge in [0.05, 0.1) is 21.1 Å². The van der Waals surface area contributed by atoms with Gasteiger partial charge in [0.2, 0.25) is 13.6 Å². The molecule has 0 atom stereocenters. The third-order valence-corrected chi connectivity index (χ3v) is 15.1. The lowest BCUT2D eigenvalue weighted by atomic mass is 10.3. The SMILES string of the molecule is Cc1noc(NS(=O)(=O)c2ccsc2COc2ccc3c(c2Cl)OCO3)c1Br.Cc1noc(NS(=O)(=O)c2ccsc2COc2ccc3c(c2Cl)OCO3)c1Br. The minimum Gasteiger partial charge on any atom is -0.486 e. The highest BCUT2D eigenvalue weighted by Gasteiger charge is 2.27. The van der Waals surface area contributed by atoms with Gasteiger partial charge in [0.1, 0.15) is 53.5 Å². The standard InChI is InChI=1S/2C16H12BrClN2O6S2/c2*1-8-13(17)16(26-19-8)20-28(21,22)12-4-5-27-11(12)6-23-9-2-3-10-15(14(9)18)25-7-24-10/h2*2-5,20H,6-7H2,1H3. The first kappa shape index (κ1) is 40.3. The normalized spacial score (nSPS) is 13.0. The number of hydrogen-bond acceptors (Lipinski definition) is 16. The first-order chi connectivity index (χ1) is 26.7. The highest BCUT2D eigenvalue weighted by molar-refractivity contribution is 9.11. The molecule has 2 aromatic carbocycles. The van der Waals surface area contributed by atoms with E-state index in [0.717, 1.165) is 0 Å². The molecule has 6 heterocycles. The third-order valence-electron chi connectivity index (χ3n) is 7.63. The second kappa shape index (κ2) is 16.5. The maximum absolute atomic E-state index is 12.7. The van der Waals surface area contributed by atoms with Crippen molar-refractivity contribution in [1.29, 1.82) is 0 Å². The van der Waals surface area contributed by atoms with Crippen LogP contribution in [0, 0.1) is 13.8 Å². The van der Waals surface area contributed by atoms with E-state index in [9.17, 15) is 16.8 Å². The van der Waals surface area contributed by atoms with Gasteiger partial charge in [0, 0.05) is 0 Å². The molecule has 0 spiro atoms. The molecule has 2 N–H and O–H groups in total. The fraction of sp³-hybridized carbons (Fsp3) is 0.188. The van der Waals surface area contributed by atoms with E-state index in [-0.39, 0.29) is 58.4 Å². The lowest BCUT2D eigenvalue weighted by Gasteiger charge is -2.10. The number of fused-ring (bicyclic) bond motifs is 2. The van der Waals surface area contributed by atoms with Crippen molar-refractivity contribution < 1.29 is 54.3 Å². The van der Waals surface area contributed by atoms with Crippen molar-refractivity contribution in [3.63, 3.8) is 0 Å². The smallest absolute Gasteiger partial charge is 0.265 e. The monoisotopic (exact) mass is 1010 g/mol. The molecule has 296 valence electrons. The molecular formula is C32H24Br2Cl2N4O12S4. The topological polar surface area (TPSA) is 200 Å². The zero-order chi connectivity index (χ0) is 39.8. The Labute approximate surface area is 353 Å². The summed E-state index contributed by atoms with van der Waals surface area (Å²) >= 11 is 21.5. The molecule has 16 nitrogen and oxygen atoms in total. The number of rotatable bonds is 12. The van der Waals surface area contributed by atoms with Crippen molar-refractivity contribution in [2.24, 2.45) is 0 Å². The quantitative estimate of drug-likeness (QED) is 0.118. The van der Waals surface area contributed by atoms with Gasteiger partial charge in [-0.15, -0.1) is 22.7 Å². The van der Waals surface area contributed by atoms with Gasteiger partial charge in [-0.25, -0.2) is 26.3 Å². The van der Waals surface area contributed by atoms with E-state index in [4.69, 9.17) is 60.7 Å². The molecule has 0 amide bonds. The minimum atomic E-state index is -3.89. The Kier molecular flexibility index (Phi) is 11.9. The predicted molar refractivity (Wildman–Crippen MR) is 212 cm³/mol. The molecule has 4 aromatic heterocycles. The van der Waals surface area contributed by atoms with E-state index >= 15 is 0 Å². The minimum absolute atomic E-state index is 0.00385. The summed E-state index contributed by atoms with van der Waals surface area (Å²) < 4.78 is 99.2. The highest BCUT2D eigenvalue weighted by atomic mass is 79.9. The number of nitrogens with one attached hydrogen (secondary N) is 2. The number of sulfonamides is 2. The molecule has 0 bridgehead atoms. The van der Waals surface area contributed by atoms with Gasteiger partial charge in [-0.05, 0) is 92.9 Å². The Hall–Kier alpha value is -3.90. The molecule has 0 saturated heterocycles. The first-order valence-electron chi connectivity index (χ1n) is 15.6. The van der Waals surface area contributed by atoms with Crippen LogP contribution >= 0.6 is 77.7 Å². The molecule has 8 rings (SSSR count). The Bertz CT molecular complexity index is 2470. The van der Waals surface area contributed by atoms with Gasteiger partial charge >= 0.3 is 0 Å². The van der Waals surface area contributed by atoms with Crippen molar-refractivity contribution in [2.75, 3.05) is 23.0 Å². The lowest BCUT2D eigenvalue weighted by molar-refractivity contribution is 0.173. The van der Waals surface area contributed by atoms with Crippen molar-refractivity contribution in [3.05, 3.63) is 87.3 Å². The van der Waals surface area contributed by atoms with Gasteiger partial charge in [-0.1, -0.05) is 33.5 Å². The number of halogens is 4. The van der Waals surface area contributed by atoms with Crippen LogP contribution in [0.5, 0.6) is 34.5 Å².